The second-order valence-corrected chi connectivity index (χ2v) is 6.67. The minimum Gasteiger partial charge on any atom is -0.489 e. The lowest BCUT2D eigenvalue weighted by Gasteiger charge is -2.31. The molecule has 0 bridgehead atoms. The van der Waals surface area contributed by atoms with Crippen LogP contribution in [0.5, 0.6) is 5.75 Å². The second-order valence-electron chi connectivity index (χ2n) is 6.67. The maximum absolute atomic E-state index is 6.09. The van der Waals surface area contributed by atoms with Crippen molar-refractivity contribution in [1.29, 1.82) is 0 Å². The molecule has 0 spiro atoms. The molecule has 21 heavy (non-hydrogen) atoms. The van der Waals surface area contributed by atoms with Gasteiger partial charge in [-0.2, -0.15) is 0 Å². The van der Waals surface area contributed by atoms with E-state index in [-0.39, 0.29) is 6.10 Å². The fourth-order valence-electron chi connectivity index (χ4n) is 2.96. The Morgan fingerprint density at radius 2 is 1.95 bits per heavy atom. The van der Waals surface area contributed by atoms with Gasteiger partial charge < -0.3 is 15.0 Å². The summed E-state index contributed by atoms with van der Waals surface area (Å²) in [5.74, 6) is 1.06. The third-order valence-corrected chi connectivity index (χ3v) is 4.26. The van der Waals surface area contributed by atoms with E-state index in [1.165, 1.54) is 43.4 Å². The third-order valence-electron chi connectivity index (χ3n) is 4.26. The van der Waals surface area contributed by atoms with Crippen LogP contribution in [0, 0.1) is 0 Å². The standard InChI is InChI=1S/C18H28N2O/c1-14(2)21-18-12-15(13-19-16-7-8-16)6-9-17(18)20-10-4-3-5-11-20/h6,9,12,14,16,19H,3-5,7-8,10-11,13H2,1-2H3. The molecular weight excluding hydrogens is 260 g/mol. The molecule has 0 amide bonds. The Labute approximate surface area is 128 Å². The van der Waals surface area contributed by atoms with Gasteiger partial charge in [0, 0.05) is 25.7 Å². The van der Waals surface area contributed by atoms with E-state index in [1.54, 1.807) is 0 Å². The molecule has 0 unspecified atom stereocenters. The molecule has 3 heteroatoms. The highest BCUT2D eigenvalue weighted by Gasteiger charge is 2.21. The van der Waals surface area contributed by atoms with Crippen molar-refractivity contribution in [2.75, 3.05) is 18.0 Å². The molecule has 3 rings (SSSR count). The Morgan fingerprint density at radius 1 is 1.19 bits per heavy atom. The van der Waals surface area contributed by atoms with E-state index in [9.17, 15) is 0 Å². The first kappa shape index (κ1) is 14.7. The summed E-state index contributed by atoms with van der Waals surface area (Å²) in [6, 6.07) is 7.50. The van der Waals surface area contributed by atoms with Crippen molar-refractivity contribution < 1.29 is 4.74 Å². The molecule has 1 aromatic rings. The SMILES string of the molecule is CC(C)Oc1cc(CNC2CC2)ccc1N1CCCCC1. The molecule has 1 N–H and O–H groups in total. The Hall–Kier alpha value is -1.22. The highest BCUT2D eigenvalue weighted by Crippen LogP contribution is 2.32. The van der Waals surface area contributed by atoms with E-state index < -0.39 is 0 Å². The molecule has 0 radical (unpaired) electrons. The summed E-state index contributed by atoms with van der Waals surface area (Å²) in [7, 11) is 0. The van der Waals surface area contributed by atoms with E-state index in [1.807, 2.05) is 0 Å². The highest BCUT2D eigenvalue weighted by atomic mass is 16.5. The maximum atomic E-state index is 6.09. The normalized spacial score (nSPS) is 19.1. The Kier molecular flexibility index (Phi) is 4.69. The van der Waals surface area contributed by atoms with Crippen LogP contribution in [0.1, 0.15) is 51.5 Å². The van der Waals surface area contributed by atoms with Crippen molar-refractivity contribution in [2.45, 2.75) is 64.6 Å². The molecule has 3 nitrogen and oxygen atoms in total. The molecule has 1 aromatic carbocycles. The third kappa shape index (κ3) is 4.13. The highest BCUT2D eigenvalue weighted by molar-refractivity contribution is 5.60. The number of piperidine rings is 1. The molecule has 1 heterocycles. The van der Waals surface area contributed by atoms with Crippen LogP contribution in [0.3, 0.4) is 0 Å². The summed E-state index contributed by atoms with van der Waals surface area (Å²) < 4.78 is 6.09. The maximum Gasteiger partial charge on any atom is 0.143 e. The topological polar surface area (TPSA) is 24.5 Å². The van der Waals surface area contributed by atoms with E-state index in [0.717, 1.165) is 31.4 Å². The van der Waals surface area contributed by atoms with Gasteiger partial charge in [0.2, 0.25) is 0 Å². The van der Waals surface area contributed by atoms with Gasteiger partial charge in [-0.1, -0.05) is 6.07 Å². The molecule has 1 aliphatic heterocycles. The number of ether oxygens (including phenoxy) is 1. The minimum absolute atomic E-state index is 0.222. The molecular formula is C18H28N2O. The zero-order chi connectivity index (χ0) is 14.7. The summed E-state index contributed by atoms with van der Waals surface area (Å²) in [6.07, 6.45) is 6.85. The predicted molar refractivity (Wildman–Crippen MR) is 88.1 cm³/mol. The minimum atomic E-state index is 0.222. The van der Waals surface area contributed by atoms with Crippen molar-refractivity contribution in [1.82, 2.24) is 5.32 Å². The smallest absolute Gasteiger partial charge is 0.143 e. The molecule has 116 valence electrons. The van der Waals surface area contributed by atoms with Gasteiger partial charge in [-0.15, -0.1) is 0 Å². The molecule has 1 aliphatic carbocycles. The van der Waals surface area contributed by atoms with Crippen LogP contribution in [0.25, 0.3) is 0 Å². The zero-order valence-corrected chi connectivity index (χ0v) is 13.4. The predicted octanol–water partition coefficient (Wildman–Crippen LogP) is 3.72. The van der Waals surface area contributed by atoms with Gasteiger partial charge in [-0.05, 0) is 63.6 Å². The van der Waals surface area contributed by atoms with Gasteiger partial charge in [0.05, 0.1) is 11.8 Å². The summed E-state index contributed by atoms with van der Waals surface area (Å²) in [5, 5.41) is 3.58. The van der Waals surface area contributed by atoms with Crippen LogP contribution in [0.2, 0.25) is 0 Å². The summed E-state index contributed by atoms with van der Waals surface area (Å²) >= 11 is 0. The van der Waals surface area contributed by atoms with Crippen LogP contribution in [-0.2, 0) is 6.54 Å². The first-order valence-corrected chi connectivity index (χ1v) is 8.50. The van der Waals surface area contributed by atoms with Crippen molar-refractivity contribution in [3.63, 3.8) is 0 Å². The van der Waals surface area contributed by atoms with Crippen LogP contribution in [0.4, 0.5) is 5.69 Å². The number of rotatable bonds is 6. The number of benzene rings is 1. The zero-order valence-electron chi connectivity index (χ0n) is 13.4. The van der Waals surface area contributed by atoms with Gasteiger partial charge in [-0.25, -0.2) is 0 Å². The summed E-state index contributed by atoms with van der Waals surface area (Å²) in [4.78, 5) is 2.49. The Balaban J connectivity index is 1.75. The van der Waals surface area contributed by atoms with Crippen molar-refractivity contribution in [2.24, 2.45) is 0 Å². The molecule has 2 fully saturated rings. The molecule has 1 saturated carbocycles. The summed E-state index contributed by atoms with van der Waals surface area (Å²) in [5.41, 5.74) is 2.61. The van der Waals surface area contributed by atoms with Gasteiger partial charge in [0.25, 0.3) is 0 Å². The number of anilines is 1. The lowest BCUT2D eigenvalue weighted by Crippen LogP contribution is -2.30. The molecule has 0 aromatic heterocycles. The first-order valence-electron chi connectivity index (χ1n) is 8.50. The van der Waals surface area contributed by atoms with Crippen LogP contribution < -0.4 is 15.0 Å². The lowest BCUT2D eigenvalue weighted by atomic mass is 10.1. The monoisotopic (exact) mass is 288 g/mol. The van der Waals surface area contributed by atoms with E-state index in [2.05, 4.69) is 42.3 Å². The van der Waals surface area contributed by atoms with Gasteiger partial charge >= 0.3 is 0 Å². The molecule has 2 aliphatic rings. The van der Waals surface area contributed by atoms with Crippen molar-refractivity contribution in [3.05, 3.63) is 23.8 Å². The Morgan fingerprint density at radius 3 is 2.62 bits per heavy atom. The molecule has 1 saturated heterocycles. The lowest BCUT2D eigenvalue weighted by molar-refractivity contribution is 0.242. The Bertz CT molecular complexity index is 462. The quantitative estimate of drug-likeness (QED) is 0.863. The largest absolute Gasteiger partial charge is 0.489 e. The van der Waals surface area contributed by atoms with Crippen LogP contribution in [0.15, 0.2) is 18.2 Å². The van der Waals surface area contributed by atoms with Gasteiger partial charge in [-0.3, -0.25) is 0 Å². The van der Waals surface area contributed by atoms with Crippen LogP contribution in [-0.4, -0.2) is 25.2 Å². The number of hydrogen-bond acceptors (Lipinski definition) is 3. The second kappa shape index (κ2) is 6.69. The average Bonchev–Trinajstić information content (AvgIpc) is 3.30. The summed E-state index contributed by atoms with van der Waals surface area (Å²) in [6.45, 7) is 7.49. The van der Waals surface area contributed by atoms with Crippen molar-refractivity contribution in [3.8, 4) is 5.75 Å². The first-order chi connectivity index (χ1) is 10.2. The number of nitrogens with one attached hydrogen (secondary N) is 1. The van der Waals surface area contributed by atoms with Gasteiger partial charge in [0.15, 0.2) is 0 Å². The number of nitrogens with zero attached hydrogens (tertiary/aromatic N) is 1. The van der Waals surface area contributed by atoms with Gasteiger partial charge in [0.1, 0.15) is 5.75 Å². The van der Waals surface area contributed by atoms with Crippen LogP contribution >= 0.6 is 0 Å². The van der Waals surface area contributed by atoms with Crippen molar-refractivity contribution >= 4 is 5.69 Å². The van der Waals surface area contributed by atoms with E-state index in [4.69, 9.17) is 4.74 Å². The van der Waals surface area contributed by atoms with E-state index in [0.29, 0.717) is 0 Å². The van der Waals surface area contributed by atoms with E-state index >= 15 is 0 Å². The fraction of sp³-hybridized carbons (Fsp3) is 0.667. The fourth-order valence-corrected chi connectivity index (χ4v) is 2.96. The average molecular weight is 288 g/mol. The molecule has 0 atom stereocenters. The number of hydrogen-bond donors (Lipinski definition) is 1.